The number of hydrogen-bond donors (Lipinski definition) is 10. The molecule has 3 aromatic carbocycles. The highest BCUT2D eigenvalue weighted by Gasteiger charge is 2.23. The molecule has 2 aliphatic heterocycles. The van der Waals surface area contributed by atoms with E-state index in [2.05, 4.69) is 102 Å². The number of alkyl halides is 2. The third kappa shape index (κ3) is 20.1. The molecule has 19 nitrogen and oxygen atoms in total. The quantitative estimate of drug-likeness (QED) is 0.0356. The average molecular weight is 1320 g/mol. The minimum atomic E-state index is -1.58. The fourth-order valence-corrected chi connectivity index (χ4v) is 9.26. The SMILES string of the molecule is C.CB(O)n1c(B(O)O)cc2ccccc21.COC1=CC(=O)NC1.COc1cc(-c2cc3ccccc3[nH]2)[nH]c1C=O.COc1cc(=C2C=c3ccccc3=N2)[nH]/c1=C/c1[nH]c(C)cc1C.COc1cc(Br)[nH]c1C=O.Cc1c[nH]c(C)c1.Cl.ClCCl.[B]. The molecule has 0 aliphatic carbocycles. The van der Waals surface area contributed by atoms with Crippen molar-refractivity contribution in [1.29, 1.82) is 0 Å². The summed E-state index contributed by atoms with van der Waals surface area (Å²) in [7, 11) is 3.93. The van der Waals surface area contributed by atoms with E-state index in [9.17, 15) is 29.5 Å². The minimum Gasteiger partial charge on any atom is -0.499 e. The Morgan fingerprint density at radius 2 is 1.31 bits per heavy atom. The first kappa shape index (κ1) is 74.0. The highest BCUT2D eigenvalue weighted by molar-refractivity contribution is 9.10. The van der Waals surface area contributed by atoms with Crippen LogP contribution in [0.15, 0.2) is 143 Å². The summed E-state index contributed by atoms with van der Waals surface area (Å²) in [6, 6.07) is 37.0. The monoisotopic (exact) mass is 1320 g/mol. The standard InChI is InChI=1S/C20H19N3O.C14H12N2O2.C9H11B2NO3.C6H6BrNO2.C6H9N.C5H7NO2.CH2Cl2.CH4.B.ClH/c1-12-8-13(2)21-16(12)10-19-20(24-3)11-18(23-19)17-9-14-6-4-5-7-15(14)22-17;1-18-14-7-12(16-13(14)8-17)11-6-9-4-2-3-5-10(9)15-11;1-10(13)12-8-5-3-2-4-7(8)6-9(12)11(14)15;1-10-5-2-6(7)8-4(5)3-9;1-5-3-6(2)7-4-5;1-8-4-2-5(7)6-3-4;2-1-3;;;/h4-11,21,23H,1-3H3;2-8,15-16H,1H3;2-6,13-15H,1H3;2-3,8H,1H3;3-4,7H,1-2H3;2H,3H2,1H3,(H,6,7);1H2;1H4;;1H/b18-17?,19-10+;;;;;;;;;. The summed E-state index contributed by atoms with van der Waals surface area (Å²) in [5.74, 6) is 2.56. The number of fused-ring (bicyclic) bond motifs is 3. The van der Waals surface area contributed by atoms with Crippen molar-refractivity contribution in [3.8, 4) is 28.6 Å². The third-order valence-electron chi connectivity index (χ3n) is 12.7. The summed E-state index contributed by atoms with van der Waals surface area (Å²) in [6.07, 6.45) is 9.08. The number of halogens is 4. The molecule has 12 rings (SSSR count). The maximum Gasteiger partial charge on any atom is 0.504 e. The van der Waals surface area contributed by atoms with Crippen LogP contribution in [0, 0.1) is 27.7 Å². The normalized spacial score (nSPS) is 12.0. The van der Waals surface area contributed by atoms with E-state index in [1.54, 1.807) is 40.3 Å². The molecule has 7 aromatic heterocycles. The van der Waals surface area contributed by atoms with Gasteiger partial charge in [-0.15, -0.1) is 35.6 Å². The summed E-state index contributed by atoms with van der Waals surface area (Å²) in [5.41, 5.74) is 11.7. The van der Waals surface area contributed by atoms with E-state index in [1.165, 1.54) is 34.5 Å². The zero-order chi connectivity index (χ0) is 61.7. The zero-order valence-electron chi connectivity index (χ0n) is 49.2. The van der Waals surface area contributed by atoms with Gasteiger partial charge >= 0.3 is 14.2 Å². The Hall–Kier alpha value is -8.28. The number of para-hydroxylation sites is 3. The molecule has 0 saturated carbocycles. The zero-order valence-corrected chi connectivity index (χ0v) is 53.1. The van der Waals surface area contributed by atoms with Crippen LogP contribution in [-0.4, -0.2) is 131 Å². The molecule has 0 bridgehead atoms. The van der Waals surface area contributed by atoms with Crippen LogP contribution in [-0.2, 0) is 9.53 Å². The van der Waals surface area contributed by atoms with Gasteiger partial charge in [0.1, 0.15) is 34.4 Å². The molecule has 0 spiro atoms. The van der Waals surface area contributed by atoms with Crippen LogP contribution in [0.5, 0.6) is 17.2 Å². The lowest BCUT2D eigenvalue weighted by Gasteiger charge is -2.09. The molecular formula is C62H71B3BrCl3N9O10. The fourth-order valence-electron chi connectivity index (χ4n) is 8.83. The van der Waals surface area contributed by atoms with Crippen molar-refractivity contribution >= 4 is 138 Å². The first-order valence-electron chi connectivity index (χ1n) is 26.3. The summed E-state index contributed by atoms with van der Waals surface area (Å²) in [5, 5.41) is 36.7. The van der Waals surface area contributed by atoms with Gasteiger partial charge in [-0.3, -0.25) is 14.4 Å². The minimum absolute atomic E-state index is 0. The summed E-state index contributed by atoms with van der Waals surface area (Å²) >= 11 is 12.7. The molecule has 0 saturated heterocycles. The van der Waals surface area contributed by atoms with Crippen molar-refractivity contribution in [3.63, 3.8) is 0 Å². The highest BCUT2D eigenvalue weighted by atomic mass is 79.9. The molecule has 10 N–H and O–H groups in total. The molecule has 9 heterocycles. The molecule has 0 atom stereocenters. The van der Waals surface area contributed by atoms with Crippen LogP contribution in [0.25, 0.3) is 51.0 Å². The van der Waals surface area contributed by atoms with Crippen molar-refractivity contribution in [2.24, 2.45) is 4.99 Å². The van der Waals surface area contributed by atoms with Gasteiger partial charge < -0.3 is 73.7 Å². The molecule has 26 heteroatoms. The molecule has 0 unspecified atom stereocenters. The average Bonchev–Trinajstić information content (AvgIpc) is 2.88. The number of ether oxygens (including phenoxy) is 4. The van der Waals surface area contributed by atoms with Crippen LogP contribution >= 0.6 is 51.5 Å². The lowest BCUT2D eigenvalue weighted by atomic mass is 9.79. The predicted octanol–water partition coefficient (Wildman–Crippen LogP) is 8.26. The predicted molar refractivity (Wildman–Crippen MR) is 362 cm³/mol. The number of aldehydes is 2. The lowest BCUT2D eigenvalue weighted by molar-refractivity contribution is -0.115. The number of aromatic amines is 6. The van der Waals surface area contributed by atoms with Gasteiger partial charge in [-0.2, -0.15) is 0 Å². The van der Waals surface area contributed by atoms with E-state index in [0.717, 1.165) is 88.2 Å². The maximum atomic E-state index is 10.9. The van der Waals surface area contributed by atoms with Gasteiger partial charge in [0, 0.05) is 83.2 Å². The van der Waals surface area contributed by atoms with E-state index in [0.29, 0.717) is 47.1 Å². The Morgan fingerprint density at radius 3 is 1.81 bits per heavy atom. The van der Waals surface area contributed by atoms with Gasteiger partial charge in [0.15, 0.2) is 12.6 Å². The topological polar surface area (TPSA) is 273 Å². The Kier molecular flexibility index (Phi) is 30.4. The Bertz CT molecular complexity index is 4080. The number of carbonyl (C=O) groups excluding carboxylic acids is 3. The van der Waals surface area contributed by atoms with Gasteiger partial charge in [0.25, 0.3) is 0 Å². The molecule has 2 aliphatic rings. The van der Waals surface area contributed by atoms with Crippen LogP contribution in [0.3, 0.4) is 0 Å². The summed E-state index contributed by atoms with van der Waals surface area (Å²) in [6.45, 7) is 10.4. The van der Waals surface area contributed by atoms with Crippen molar-refractivity contribution in [2.75, 3.05) is 40.3 Å². The number of hydrogen-bond acceptors (Lipinski definition) is 11. The van der Waals surface area contributed by atoms with Gasteiger partial charge in [-0.25, -0.2) is 4.99 Å². The number of rotatable bonds is 10. The second kappa shape index (κ2) is 36.1. The Balaban J connectivity index is 0.000000285. The first-order valence-corrected chi connectivity index (χ1v) is 28.1. The maximum absolute atomic E-state index is 10.9. The van der Waals surface area contributed by atoms with Gasteiger partial charge in [-0.05, 0) is 122 Å². The fraction of sp³-hybridized carbons (Fsp3) is 0.194. The van der Waals surface area contributed by atoms with Gasteiger partial charge in [0.2, 0.25) is 5.91 Å². The molecule has 88 heavy (non-hydrogen) atoms. The number of carbonyl (C=O) groups is 3. The molecule has 0 fully saturated rings. The number of methoxy groups -OCH3 is 4. The van der Waals surface area contributed by atoms with Crippen molar-refractivity contribution in [2.45, 2.75) is 41.9 Å². The Labute approximate surface area is 537 Å². The number of aryl methyl sites for hydroxylation is 4. The number of aromatic nitrogens is 7. The molecule has 3 radical (unpaired) electrons. The van der Waals surface area contributed by atoms with Crippen LogP contribution < -0.4 is 46.4 Å². The van der Waals surface area contributed by atoms with Crippen LogP contribution in [0.1, 0.15) is 56.6 Å². The summed E-state index contributed by atoms with van der Waals surface area (Å²) < 4.78 is 22.5. The number of benzene rings is 3. The van der Waals surface area contributed by atoms with E-state index in [-0.39, 0.29) is 39.5 Å². The molecular weight excluding hydrogens is 1250 g/mol. The van der Waals surface area contributed by atoms with Crippen molar-refractivity contribution < 1.29 is 48.4 Å². The number of nitrogens with zero attached hydrogens (tertiary/aromatic N) is 2. The smallest absolute Gasteiger partial charge is 0.499 e. The first-order chi connectivity index (χ1) is 40.9. The molecule has 461 valence electrons. The summed E-state index contributed by atoms with van der Waals surface area (Å²) in [4.78, 5) is 55.2. The van der Waals surface area contributed by atoms with Crippen LogP contribution in [0.4, 0.5) is 0 Å². The van der Waals surface area contributed by atoms with Crippen molar-refractivity contribution in [1.82, 2.24) is 39.7 Å². The highest BCUT2D eigenvalue weighted by Crippen LogP contribution is 2.28. The lowest BCUT2D eigenvalue weighted by Crippen LogP contribution is -2.41. The van der Waals surface area contributed by atoms with Crippen molar-refractivity contribution in [3.05, 3.63) is 199 Å². The number of nitrogens with one attached hydrogen (secondary N) is 7. The number of H-pyrrole nitrogens is 6. The van der Waals surface area contributed by atoms with E-state index in [4.69, 9.17) is 47.1 Å². The van der Waals surface area contributed by atoms with E-state index < -0.39 is 14.2 Å². The largest absolute Gasteiger partial charge is 0.504 e. The second-order valence-electron chi connectivity index (χ2n) is 18.8. The van der Waals surface area contributed by atoms with E-state index >= 15 is 0 Å². The van der Waals surface area contributed by atoms with Crippen LogP contribution in [0.2, 0.25) is 6.82 Å². The number of amides is 1. The van der Waals surface area contributed by atoms with Gasteiger partial charge in [-0.1, -0.05) is 62.0 Å². The molecule has 10 aromatic rings. The van der Waals surface area contributed by atoms with E-state index in [1.807, 2.05) is 98.0 Å². The second-order valence-corrected chi connectivity index (χ2v) is 20.5. The Morgan fingerprint density at radius 1 is 0.693 bits per heavy atom. The third-order valence-corrected chi connectivity index (χ3v) is 13.1. The molecule has 1 amide bonds. The van der Waals surface area contributed by atoms with Gasteiger partial charge in [0.05, 0.1) is 78.1 Å².